The predicted octanol–water partition coefficient (Wildman–Crippen LogP) is 2.99. The number of hydrogen-bond acceptors (Lipinski definition) is 2. The summed E-state index contributed by atoms with van der Waals surface area (Å²) in [6.45, 7) is 1.99. The highest BCUT2D eigenvalue weighted by Crippen LogP contribution is 2.20. The Morgan fingerprint density at radius 3 is 2.80 bits per heavy atom. The van der Waals surface area contributed by atoms with Gasteiger partial charge in [-0.05, 0) is 40.0 Å². The van der Waals surface area contributed by atoms with Crippen molar-refractivity contribution in [2.45, 2.75) is 19.8 Å². The average Bonchev–Trinajstić information content (AvgIpc) is 2.61. The lowest BCUT2D eigenvalue weighted by Crippen LogP contribution is -1.93. The Labute approximate surface area is 93.3 Å². The molecule has 0 radical (unpaired) electrons. The molecule has 0 aromatic carbocycles. The van der Waals surface area contributed by atoms with E-state index in [9.17, 15) is 8.78 Å². The van der Waals surface area contributed by atoms with Gasteiger partial charge in [-0.15, -0.1) is 5.10 Å². The molecule has 80 valence electrons. The fraction of sp³-hybridized carbons (Fsp3) is 0.333. The molecule has 2 aromatic heterocycles. The zero-order valence-electron chi connectivity index (χ0n) is 7.91. The van der Waals surface area contributed by atoms with Crippen LogP contribution in [0.1, 0.15) is 24.7 Å². The summed E-state index contributed by atoms with van der Waals surface area (Å²) in [5, 5.41) is 3.70. The van der Waals surface area contributed by atoms with Crippen LogP contribution in [-0.4, -0.2) is 14.6 Å². The maximum atomic E-state index is 12.4. The Morgan fingerprint density at radius 2 is 2.20 bits per heavy atom. The van der Waals surface area contributed by atoms with Gasteiger partial charge in [0.15, 0.2) is 5.65 Å². The van der Waals surface area contributed by atoms with Gasteiger partial charge in [-0.3, -0.25) is 0 Å². The Kier molecular flexibility index (Phi) is 2.68. The van der Waals surface area contributed by atoms with Crippen LogP contribution in [0.4, 0.5) is 8.78 Å². The number of alkyl halides is 2. The SMILES string of the molecule is CCc1cc(Br)n2nc(C(F)F)nc2c1. The van der Waals surface area contributed by atoms with Crippen LogP contribution in [0, 0.1) is 0 Å². The first-order valence-electron chi connectivity index (χ1n) is 4.45. The van der Waals surface area contributed by atoms with E-state index >= 15 is 0 Å². The Hall–Kier alpha value is -1.04. The summed E-state index contributed by atoms with van der Waals surface area (Å²) >= 11 is 3.27. The molecule has 2 rings (SSSR count). The molecule has 0 fully saturated rings. The van der Waals surface area contributed by atoms with E-state index < -0.39 is 12.2 Å². The lowest BCUT2D eigenvalue weighted by atomic mass is 10.2. The molecular weight excluding hydrogens is 268 g/mol. The summed E-state index contributed by atoms with van der Waals surface area (Å²) in [5.41, 5.74) is 1.47. The Bertz CT molecular complexity index is 495. The second-order valence-corrected chi connectivity index (χ2v) is 3.89. The molecule has 15 heavy (non-hydrogen) atoms. The summed E-state index contributed by atoms with van der Waals surface area (Å²) in [6, 6.07) is 3.60. The van der Waals surface area contributed by atoms with Crippen LogP contribution in [-0.2, 0) is 6.42 Å². The third-order valence-electron chi connectivity index (χ3n) is 2.07. The van der Waals surface area contributed by atoms with Crippen molar-refractivity contribution >= 4 is 21.6 Å². The molecule has 0 aliphatic rings. The van der Waals surface area contributed by atoms with Gasteiger partial charge in [0.25, 0.3) is 6.43 Å². The summed E-state index contributed by atoms with van der Waals surface area (Å²) in [5.74, 6) is -0.441. The first-order valence-corrected chi connectivity index (χ1v) is 5.24. The topological polar surface area (TPSA) is 30.2 Å². The van der Waals surface area contributed by atoms with E-state index in [2.05, 4.69) is 26.0 Å². The highest BCUT2D eigenvalue weighted by Gasteiger charge is 2.15. The van der Waals surface area contributed by atoms with E-state index in [0.29, 0.717) is 10.3 Å². The van der Waals surface area contributed by atoms with Crippen LogP contribution < -0.4 is 0 Å². The van der Waals surface area contributed by atoms with Crippen molar-refractivity contribution in [3.05, 3.63) is 28.1 Å². The minimum Gasteiger partial charge on any atom is -0.206 e. The van der Waals surface area contributed by atoms with Crippen LogP contribution in [0.2, 0.25) is 0 Å². The molecule has 0 saturated heterocycles. The van der Waals surface area contributed by atoms with Gasteiger partial charge < -0.3 is 0 Å². The Balaban J connectivity index is 2.64. The van der Waals surface area contributed by atoms with Gasteiger partial charge >= 0.3 is 0 Å². The first kappa shape index (κ1) is 10.5. The second kappa shape index (κ2) is 3.84. The van der Waals surface area contributed by atoms with E-state index in [0.717, 1.165) is 12.0 Å². The summed E-state index contributed by atoms with van der Waals surface area (Å²) in [6.07, 6.45) is -1.81. The number of hydrogen-bond donors (Lipinski definition) is 0. The molecule has 0 saturated carbocycles. The molecule has 0 bridgehead atoms. The quantitative estimate of drug-likeness (QED) is 0.789. The standard InChI is InChI=1S/C9H8BrF2N3/c1-2-5-3-6(10)15-7(4-5)13-9(14-15)8(11)12/h3-4,8H,2H2,1H3. The molecule has 0 N–H and O–H groups in total. The number of rotatable bonds is 2. The fourth-order valence-corrected chi connectivity index (χ4v) is 1.86. The predicted molar refractivity (Wildman–Crippen MR) is 55.0 cm³/mol. The number of aryl methyl sites for hydroxylation is 1. The third-order valence-corrected chi connectivity index (χ3v) is 2.64. The number of pyridine rings is 1. The number of fused-ring (bicyclic) bond motifs is 1. The van der Waals surface area contributed by atoms with Gasteiger partial charge in [0.1, 0.15) is 4.60 Å². The van der Waals surface area contributed by atoms with Crippen LogP contribution in [0.3, 0.4) is 0 Å². The van der Waals surface area contributed by atoms with Crippen molar-refractivity contribution in [2.75, 3.05) is 0 Å². The van der Waals surface area contributed by atoms with Gasteiger partial charge in [0.05, 0.1) is 0 Å². The smallest absolute Gasteiger partial charge is 0.206 e. The summed E-state index contributed by atoms with van der Waals surface area (Å²) in [4.78, 5) is 3.75. The highest BCUT2D eigenvalue weighted by atomic mass is 79.9. The average molecular weight is 276 g/mol. The van der Waals surface area contributed by atoms with Gasteiger partial charge in [-0.2, -0.15) is 0 Å². The molecule has 0 aliphatic heterocycles. The van der Waals surface area contributed by atoms with E-state index in [4.69, 9.17) is 0 Å². The number of halogens is 3. The molecular formula is C9H8BrF2N3. The van der Waals surface area contributed by atoms with Crippen molar-refractivity contribution in [2.24, 2.45) is 0 Å². The molecule has 2 heterocycles. The maximum Gasteiger partial charge on any atom is 0.299 e. The van der Waals surface area contributed by atoms with Crippen molar-refractivity contribution < 1.29 is 8.78 Å². The van der Waals surface area contributed by atoms with Crippen LogP contribution in [0.25, 0.3) is 5.65 Å². The zero-order valence-corrected chi connectivity index (χ0v) is 9.50. The van der Waals surface area contributed by atoms with E-state index in [1.807, 2.05) is 13.0 Å². The minimum absolute atomic E-state index is 0.441. The first-order chi connectivity index (χ1) is 7.11. The van der Waals surface area contributed by atoms with E-state index in [1.165, 1.54) is 4.52 Å². The molecule has 0 unspecified atom stereocenters. The van der Waals surface area contributed by atoms with Crippen molar-refractivity contribution in [1.29, 1.82) is 0 Å². The minimum atomic E-state index is -2.64. The van der Waals surface area contributed by atoms with Crippen LogP contribution in [0.15, 0.2) is 16.7 Å². The molecule has 0 aliphatic carbocycles. The van der Waals surface area contributed by atoms with Crippen LogP contribution >= 0.6 is 15.9 Å². The maximum absolute atomic E-state index is 12.4. The van der Waals surface area contributed by atoms with Crippen LogP contribution in [0.5, 0.6) is 0 Å². The van der Waals surface area contributed by atoms with E-state index in [-0.39, 0.29) is 0 Å². The molecule has 3 nitrogen and oxygen atoms in total. The van der Waals surface area contributed by atoms with Gasteiger partial charge in [-0.1, -0.05) is 6.92 Å². The zero-order chi connectivity index (χ0) is 11.0. The molecule has 0 spiro atoms. The lowest BCUT2D eigenvalue weighted by molar-refractivity contribution is 0.140. The third kappa shape index (κ3) is 1.86. The monoisotopic (exact) mass is 275 g/mol. The normalized spacial score (nSPS) is 11.5. The van der Waals surface area contributed by atoms with Gasteiger partial charge in [0.2, 0.25) is 5.82 Å². The molecule has 2 aromatic rings. The van der Waals surface area contributed by atoms with Crippen molar-refractivity contribution in [3.63, 3.8) is 0 Å². The van der Waals surface area contributed by atoms with Crippen molar-refractivity contribution in [1.82, 2.24) is 14.6 Å². The lowest BCUT2D eigenvalue weighted by Gasteiger charge is -1.99. The fourth-order valence-electron chi connectivity index (χ4n) is 1.31. The summed E-state index contributed by atoms with van der Waals surface area (Å²) < 4.78 is 26.7. The van der Waals surface area contributed by atoms with Gasteiger partial charge in [-0.25, -0.2) is 18.3 Å². The highest BCUT2D eigenvalue weighted by molar-refractivity contribution is 9.10. The number of nitrogens with zero attached hydrogens (tertiary/aromatic N) is 3. The summed E-state index contributed by atoms with van der Waals surface area (Å²) in [7, 11) is 0. The number of aromatic nitrogens is 3. The van der Waals surface area contributed by atoms with Gasteiger partial charge in [0, 0.05) is 0 Å². The van der Waals surface area contributed by atoms with Crippen molar-refractivity contribution in [3.8, 4) is 0 Å². The molecule has 0 atom stereocenters. The van der Waals surface area contributed by atoms with E-state index in [1.54, 1.807) is 6.07 Å². The molecule has 0 amide bonds. The Morgan fingerprint density at radius 1 is 1.47 bits per heavy atom. The second-order valence-electron chi connectivity index (χ2n) is 3.08. The largest absolute Gasteiger partial charge is 0.299 e. The molecule has 6 heteroatoms.